The molecule has 1 unspecified atom stereocenters. The molecule has 0 spiro atoms. The Hall–Kier alpha value is -1.84. The van der Waals surface area contributed by atoms with E-state index in [4.69, 9.17) is 9.84 Å². The van der Waals surface area contributed by atoms with Crippen LogP contribution in [0.5, 0.6) is 5.75 Å². The van der Waals surface area contributed by atoms with Gasteiger partial charge in [0.05, 0.1) is 12.7 Å². The number of benzene rings is 2. The number of hydrogen-bond acceptors (Lipinski definition) is 3. The quantitative estimate of drug-likeness (QED) is 0.814. The topological polar surface area (TPSA) is 49.7 Å². The average Bonchev–Trinajstić information content (AvgIpc) is 2.52. The van der Waals surface area contributed by atoms with Crippen LogP contribution in [0, 0.1) is 0 Å². The molecule has 20 heavy (non-hydrogen) atoms. The van der Waals surface area contributed by atoms with Gasteiger partial charge in [-0.15, -0.1) is 0 Å². The molecular formula is C17H20O3. The fourth-order valence-electron chi connectivity index (χ4n) is 1.92. The van der Waals surface area contributed by atoms with Gasteiger partial charge in [-0.2, -0.15) is 0 Å². The molecule has 0 bridgehead atoms. The fourth-order valence-corrected chi connectivity index (χ4v) is 1.92. The number of hydrogen-bond donors (Lipinski definition) is 2. The molecule has 0 aliphatic rings. The fraction of sp³-hybridized carbons (Fsp3) is 0.294. The Labute approximate surface area is 119 Å². The summed E-state index contributed by atoms with van der Waals surface area (Å²) in [5.74, 6) is 0.834. The molecule has 0 saturated heterocycles. The molecule has 0 saturated carbocycles. The van der Waals surface area contributed by atoms with Crippen molar-refractivity contribution in [1.82, 2.24) is 0 Å². The van der Waals surface area contributed by atoms with Crippen LogP contribution in [0.1, 0.15) is 17.5 Å². The third-order valence-electron chi connectivity index (χ3n) is 3.15. The lowest BCUT2D eigenvalue weighted by molar-refractivity contribution is 0.0886. The lowest BCUT2D eigenvalue weighted by Gasteiger charge is -2.09. The molecule has 0 radical (unpaired) electrons. The van der Waals surface area contributed by atoms with E-state index in [-0.39, 0.29) is 6.61 Å². The Morgan fingerprint density at radius 1 is 0.900 bits per heavy atom. The summed E-state index contributed by atoms with van der Waals surface area (Å²) in [4.78, 5) is 0. The summed E-state index contributed by atoms with van der Waals surface area (Å²) in [6.45, 7) is 0.377. The van der Waals surface area contributed by atoms with E-state index in [1.165, 1.54) is 0 Å². The number of aryl methyl sites for hydroxylation is 1. The minimum atomic E-state index is -0.635. The van der Waals surface area contributed by atoms with Crippen LogP contribution < -0.4 is 4.74 Å². The van der Waals surface area contributed by atoms with E-state index in [1.54, 1.807) is 0 Å². The summed E-state index contributed by atoms with van der Waals surface area (Å²) in [5, 5.41) is 18.1. The maximum atomic E-state index is 9.31. The van der Waals surface area contributed by atoms with Crippen LogP contribution in [0.4, 0.5) is 0 Å². The average molecular weight is 272 g/mol. The molecular weight excluding hydrogens is 252 g/mol. The van der Waals surface area contributed by atoms with Gasteiger partial charge >= 0.3 is 0 Å². The summed E-state index contributed by atoms with van der Waals surface area (Å²) in [5.41, 5.74) is 2.27. The van der Waals surface area contributed by atoms with E-state index in [1.807, 2.05) is 54.6 Å². The third-order valence-corrected chi connectivity index (χ3v) is 3.15. The summed E-state index contributed by atoms with van der Waals surface area (Å²) in [6.07, 6.45) is 0.686. The zero-order valence-electron chi connectivity index (χ0n) is 11.4. The number of rotatable bonds is 7. The number of ether oxygens (including phenoxy) is 1. The monoisotopic (exact) mass is 272 g/mol. The van der Waals surface area contributed by atoms with E-state index in [2.05, 4.69) is 0 Å². The molecule has 0 aromatic heterocycles. The largest absolute Gasteiger partial charge is 0.489 e. The zero-order valence-corrected chi connectivity index (χ0v) is 11.4. The number of aliphatic hydroxyl groups excluding tert-OH is 2. The maximum Gasteiger partial charge on any atom is 0.119 e. The SMILES string of the molecule is OCC(O)CCc1ccc(OCc2ccccc2)cc1. The molecule has 3 nitrogen and oxygen atoms in total. The molecule has 0 amide bonds. The van der Waals surface area contributed by atoms with Gasteiger partial charge in [-0.05, 0) is 36.1 Å². The zero-order chi connectivity index (χ0) is 14.2. The van der Waals surface area contributed by atoms with Crippen molar-refractivity contribution in [2.24, 2.45) is 0 Å². The van der Waals surface area contributed by atoms with Crippen LogP contribution in [0.25, 0.3) is 0 Å². The van der Waals surface area contributed by atoms with Crippen molar-refractivity contribution in [2.75, 3.05) is 6.61 Å². The van der Waals surface area contributed by atoms with Gasteiger partial charge in [-0.1, -0.05) is 42.5 Å². The first-order valence-corrected chi connectivity index (χ1v) is 6.82. The summed E-state index contributed by atoms with van der Waals surface area (Å²) in [6, 6.07) is 17.9. The Morgan fingerprint density at radius 2 is 1.60 bits per heavy atom. The second-order valence-electron chi connectivity index (χ2n) is 4.79. The van der Waals surface area contributed by atoms with Gasteiger partial charge in [0.15, 0.2) is 0 Å². The molecule has 2 aromatic rings. The van der Waals surface area contributed by atoms with Crippen LogP contribution in [0.3, 0.4) is 0 Å². The second-order valence-corrected chi connectivity index (χ2v) is 4.79. The molecule has 2 N–H and O–H groups in total. The Morgan fingerprint density at radius 3 is 2.25 bits per heavy atom. The van der Waals surface area contributed by atoms with Crippen molar-refractivity contribution in [3.8, 4) is 5.75 Å². The van der Waals surface area contributed by atoms with Crippen LogP contribution in [-0.4, -0.2) is 22.9 Å². The predicted molar refractivity (Wildman–Crippen MR) is 78.6 cm³/mol. The van der Waals surface area contributed by atoms with Gasteiger partial charge in [0, 0.05) is 0 Å². The summed E-state index contributed by atoms with van der Waals surface area (Å²) < 4.78 is 5.70. The Kier molecular flexibility index (Phi) is 5.59. The number of aliphatic hydroxyl groups is 2. The molecule has 106 valence electrons. The molecule has 0 aliphatic heterocycles. The minimum absolute atomic E-state index is 0.182. The van der Waals surface area contributed by atoms with E-state index in [9.17, 15) is 5.11 Å². The molecule has 1 atom stereocenters. The smallest absolute Gasteiger partial charge is 0.119 e. The highest BCUT2D eigenvalue weighted by Gasteiger charge is 2.03. The van der Waals surface area contributed by atoms with Gasteiger partial charge in [0.2, 0.25) is 0 Å². The van der Waals surface area contributed by atoms with Crippen LogP contribution in [0.2, 0.25) is 0 Å². The lowest BCUT2D eigenvalue weighted by atomic mass is 10.1. The van der Waals surface area contributed by atoms with Crippen LogP contribution >= 0.6 is 0 Å². The lowest BCUT2D eigenvalue weighted by Crippen LogP contribution is -2.12. The molecule has 2 aromatic carbocycles. The molecule has 2 rings (SSSR count). The van der Waals surface area contributed by atoms with Gasteiger partial charge in [-0.25, -0.2) is 0 Å². The normalized spacial score (nSPS) is 12.1. The van der Waals surface area contributed by atoms with Crippen molar-refractivity contribution in [2.45, 2.75) is 25.6 Å². The van der Waals surface area contributed by atoms with Gasteiger partial charge in [-0.3, -0.25) is 0 Å². The Bertz CT molecular complexity index is 493. The summed E-state index contributed by atoms with van der Waals surface area (Å²) >= 11 is 0. The first kappa shape index (κ1) is 14.6. The van der Waals surface area contributed by atoms with E-state index in [0.29, 0.717) is 13.0 Å². The second kappa shape index (κ2) is 7.68. The summed E-state index contributed by atoms with van der Waals surface area (Å²) in [7, 11) is 0. The van der Waals surface area contributed by atoms with Crippen LogP contribution in [0.15, 0.2) is 54.6 Å². The van der Waals surface area contributed by atoms with E-state index < -0.39 is 6.10 Å². The Balaban J connectivity index is 1.82. The van der Waals surface area contributed by atoms with Crippen molar-refractivity contribution < 1.29 is 14.9 Å². The van der Waals surface area contributed by atoms with Crippen molar-refractivity contribution in [1.29, 1.82) is 0 Å². The highest BCUT2D eigenvalue weighted by molar-refractivity contribution is 5.28. The van der Waals surface area contributed by atoms with Crippen molar-refractivity contribution in [3.05, 3.63) is 65.7 Å². The van der Waals surface area contributed by atoms with Gasteiger partial charge in [0.1, 0.15) is 12.4 Å². The first-order valence-electron chi connectivity index (χ1n) is 6.82. The minimum Gasteiger partial charge on any atom is -0.489 e. The van der Waals surface area contributed by atoms with E-state index in [0.717, 1.165) is 23.3 Å². The molecule has 3 heteroatoms. The first-order chi connectivity index (χ1) is 9.78. The molecule has 0 heterocycles. The highest BCUT2D eigenvalue weighted by Crippen LogP contribution is 2.15. The van der Waals surface area contributed by atoms with E-state index >= 15 is 0 Å². The van der Waals surface area contributed by atoms with Crippen molar-refractivity contribution >= 4 is 0 Å². The maximum absolute atomic E-state index is 9.31. The molecule has 0 fully saturated rings. The van der Waals surface area contributed by atoms with Gasteiger partial charge < -0.3 is 14.9 Å². The van der Waals surface area contributed by atoms with Crippen LogP contribution in [-0.2, 0) is 13.0 Å². The predicted octanol–water partition coefficient (Wildman–Crippen LogP) is 2.55. The third kappa shape index (κ3) is 4.68. The standard InChI is InChI=1S/C17H20O3/c18-12-16(19)9-6-14-7-10-17(11-8-14)20-13-15-4-2-1-3-5-15/h1-5,7-8,10-11,16,18-19H,6,9,12-13H2. The highest BCUT2D eigenvalue weighted by atomic mass is 16.5. The van der Waals surface area contributed by atoms with Gasteiger partial charge in [0.25, 0.3) is 0 Å². The van der Waals surface area contributed by atoms with Crippen molar-refractivity contribution in [3.63, 3.8) is 0 Å². The molecule has 0 aliphatic carbocycles.